The highest BCUT2D eigenvalue weighted by atomic mass is 16.1. The highest BCUT2D eigenvalue weighted by Crippen LogP contribution is 1.35. The molecule has 0 aliphatic carbocycles. The van der Waals surface area contributed by atoms with Gasteiger partial charge in [0.2, 0.25) is 0 Å². The minimum absolute atomic E-state index is 0. The van der Waals surface area contributed by atoms with E-state index in [1.165, 1.54) is 6.08 Å². The van der Waals surface area contributed by atoms with Crippen LogP contribution in [0.25, 0.3) is 0 Å². The second-order valence-corrected chi connectivity index (χ2v) is 0.372. The van der Waals surface area contributed by atoms with Crippen LogP contribution in [0.4, 0.5) is 0 Å². The van der Waals surface area contributed by atoms with E-state index in [0.29, 0.717) is 6.29 Å². The van der Waals surface area contributed by atoms with Crippen LogP contribution in [0.15, 0.2) is 12.7 Å². The van der Waals surface area contributed by atoms with Crippen LogP contribution >= 0.6 is 0 Å². The lowest BCUT2D eigenvalue weighted by atomic mass is 10.8. The summed E-state index contributed by atoms with van der Waals surface area (Å²) < 4.78 is 0. The first-order chi connectivity index (χ1) is 1.91. The van der Waals surface area contributed by atoms with Gasteiger partial charge in [0.15, 0.2) is 0 Å². The number of hydrogen-bond acceptors (Lipinski definition) is 1. The van der Waals surface area contributed by atoms with Gasteiger partial charge in [0.05, 0.1) is 0 Å². The van der Waals surface area contributed by atoms with Gasteiger partial charge in [-0.1, -0.05) is 6.58 Å². The van der Waals surface area contributed by atoms with E-state index in [9.17, 15) is 0 Å². The Hall–Kier alpha value is -0.590. The number of rotatable bonds is 1. The van der Waals surface area contributed by atoms with Gasteiger partial charge < -0.3 is 0 Å². The van der Waals surface area contributed by atoms with Gasteiger partial charge in [-0.3, -0.25) is 4.79 Å². The molecule has 0 aromatic rings. The fourth-order valence-corrected chi connectivity index (χ4v) is 0. The van der Waals surface area contributed by atoms with Crippen molar-refractivity contribution in [2.45, 2.75) is 0 Å². The number of carbonyl (C=O) groups is 1. The van der Waals surface area contributed by atoms with Crippen molar-refractivity contribution in [2.24, 2.45) is 0 Å². The molecule has 0 rings (SSSR count). The molecule has 4 heavy (non-hydrogen) atoms. The van der Waals surface area contributed by atoms with Crippen LogP contribution in [-0.2, 0) is 4.79 Å². The first-order valence-electron chi connectivity index (χ1n) is 0.977. The fourth-order valence-electron chi connectivity index (χ4n) is 0. The van der Waals surface area contributed by atoms with Crippen LogP contribution in [0.3, 0.4) is 0 Å². The molecule has 1 nitrogen and oxygen atoms in total. The van der Waals surface area contributed by atoms with E-state index in [1.807, 2.05) is 0 Å². The molecule has 0 aromatic carbocycles. The second kappa shape index (κ2) is 2.41. The van der Waals surface area contributed by atoms with Crippen LogP contribution in [-0.4, -0.2) is 6.29 Å². The van der Waals surface area contributed by atoms with Crippen LogP contribution in [0.2, 0.25) is 0 Å². The van der Waals surface area contributed by atoms with Gasteiger partial charge in [-0.2, -0.15) is 0 Å². The van der Waals surface area contributed by atoms with E-state index in [4.69, 9.17) is 4.79 Å². The Labute approximate surface area is 26.4 Å². The van der Waals surface area contributed by atoms with Gasteiger partial charge >= 0.3 is 1.43 Å². The highest BCUT2D eigenvalue weighted by Gasteiger charge is 1.38. The van der Waals surface area contributed by atoms with Crippen molar-refractivity contribution in [3.8, 4) is 0 Å². The number of carbonyl (C=O) groups excluding carboxylic acids is 1. The van der Waals surface area contributed by atoms with Gasteiger partial charge in [-0.05, 0) is 6.08 Å². The molecule has 0 heterocycles. The summed E-state index contributed by atoms with van der Waals surface area (Å²) >= 11 is 0. The Kier molecular flexibility index (Phi) is 2.05. The molecule has 0 radical (unpaired) electrons. The molecule has 0 aromatic heterocycles. The van der Waals surface area contributed by atoms with E-state index in [1.54, 1.807) is 0 Å². The van der Waals surface area contributed by atoms with Gasteiger partial charge in [-0.15, -0.1) is 0 Å². The monoisotopic (exact) mass is 57.0 g/mol. The Balaban J connectivity index is 0. The van der Waals surface area contributed by atoms with E-state index >= 15 is 0 Å². The molecule has 1 heteroatoms. The molecule has 0 saturated carbocycles. The molecule has 0 fully saturated rings. The van der Waals surface area contributed by atoms with E-state index in [-0.39, 0.29) is 1.43 Å². The maximum Gasteiger partial charge on any atom is 1.00 e. The number of allylic oxidation sites excluding steroid dienone is 1. The summed E-state index contributed by atoms with van der Waals surface area (Å²) in [6.45, 7) is 3.11. The lowest BCUT2D eigenvalue weighted by Gasteiger charge is -1.37. The SMILES string of the molecule is C=CC=O.[H+]. The van der Waals surface area contributed by atoms with Gasteiger partial charge in [0.25, 0.3) is 0 Å². The zero-order valence-electron chi connectivity index (χ0n) is 3.27. The normalized spacial score (nSPS) is 5.00. The van der Waals surface area contributed by atoms with Gasteiger partial charge in [0.1, 0.15) is 6.29 Å². The van der Waals surface area contributed by atoms with Crippen molar-refractivity contribution in [2.75, 3.05) is 0 Å². The van der Waals surface area contributed by atoms with Crippen LogP contribution in [0, 0.1) is 0 Å². The Bertz CT molecular complexity index is 27.9. The third-order valence-corrected chi connectivity index (χ3v) is 0.0962. The molecule has 0 unspecified atom stereocenters. The molecular weight excluding hydrogens is 52.0 g/mol. The maximum absolute atomic E-state index is 9.06. The summed E-state index contributed by atoms with van der Waals surface area (Å²) in [6, 6.07) is 0. The molecule has 0 atom stereocenters. The highest BCUT2D eigenvalue weighted by molar-refractivity contribution is 5.63. The smallest absolute Gasteiger partial charge is 0.299 e. The van der Waals surface area contributed by atoms with Crippen molar-refractivity contribution in [3.63, 3.8) is 0 Å². The topological polar surface area (TPSA) is 17.1 Å². The van der Waals surface area contributed by atoms with E-state index in [0.717, 1.165) is 0 Å². The van der Waals surface area contributed by atoms with Crippen molar-refractivity contribution in [1.29, 1.82) is 0 Å². The van der Waals surface area contributed by atoms with E-state index < -0.39 is 0 Å². The minimum atomic E-state index is 0. The van der Waals surface area contributed by atoms with Gasteiger partial charge in [0, 0.05) is 0 Å². The molecule has 0 saturated heterocycles. The summed E-state index contributed by atoms with van der Waals surface area (Å²) in [5, 5.41) is 0. The summed E-state index contributed by atoms with van der Waals surface area (Å²) in [7, 11) is 0. The largest absolute Gasteiger partial charge is 1.00 e. The standard InChI is InChI=1S/C3H4O/c1-2-3-4/h2-3H,1H2/p+1. The zero-order chi connectivity index (χ0) is 3.41. The summed E-state index contributed by atoms with van der Waals surface area (Å²) in [4.78, 5) is 9.06. The molecule has 0 aliphatic heterocycles. The molecule has 0 amide bonds. The van der Waals surface area contributed by atoms with E-state index in [2.05, 4.69) is 6.58 Å². The third kappa shape index (κ3) is 1.41. The van der Waals surface area contributed by atoms with Crippen molar-refractivity contribution in [1.82, 2.24) is 0 Å². The van der Waals surface area contributed by atoms with Crippen molar-refractivity contribution >= 4 is 6.29 Å². The summed E-state index contributed by atoms with van der Waals surface area (Å²) in [6.07, 6.45) is 1.83. The Morgan fingerprint density at radius 2 is 2.25 bits per heavy atom. The van der Waals surface area contributed by atoms with Crippen LogP contribution in [0.1, 0.15) is 1.43 Å². The van der Waals surface area contributed by atoms with Crippen LogP contribution in [0.5, 0.6) is 0 Å². The molecule has 0 bridgehead atoms. The lowest BCUT2D eigenvalue weighted by molar-refractivity contribution is -0.104. The first kappa shape index (κ1) is 3.41. The third-order valence-electron chi connectivity index (χ3n) is 0.0962. The molecule has 0 N–H and O–H groups in total. The quantitative estimate of drug-likeness (QED) is 0.316. The maximum atomic E-state index is 9.06. The predicted molar refractivity (Wildman–Crippen MR) is 17.4 cm³/mol. The number of aldehydes is 1. The molecule has 0 spiro atoms. The average molecular weight is 57.1 g/mol. The van der Waals surface area contributed by atoms with Crippen molar-refractivity contribution in [3.05, 3.63) is 12.7 Å². The first-order valence-corrected chi connectivity index (χ1v) is 0.977. The second-order valence-electron chi connectivity index (χ2n) is 0.372. The Morgan fingerprint density at radius 1 is 2.00 bits per heavy atom. The minimum Gasteiger partial charge on any atom is -0.299 e. The number of hydrogen-bond donors (Lipinski definition) is 0. The average Bonchev–Trinajstić information content (AvgIpc) is 1.37. The summed E-state index contributed by atoms with van der Waals surface area (Å²) in [5.74, 6) is 0. The van der Waals surface area contributed by atoms with Crippen LogP contribution < -0.4 is 0 Å². The molecular formula is C3H5O+. The fraction of sp³-hybridized carbons (Fsp3) is 0. The zero-order valence-corrected chi connectivity index (χ0v) is 2.27. The van der Waals surface area contributed by atoms with Gasteiger partial charge in [-0.25, -0.2) is 0 Å². The predicted octanol–water partition coefficient (Wildman–Crippen LogP) is 0.484. The van der Waals surface area contributed by atoms with Crippen molar-refractivity contribution < 1.29 is 6.22 Å². The molecule has 0 aliphatic rings. The Morgan fingerprint density at radius 3 is 2.25 bits per heavy atom. The lowest BCUT2D eigenvalue weighted by Crippen LogP contribution is -1.44. The summed E-state index contributed by atoms with van der Waals surface area (Å²) in [5.41, 5.74) is 0. The molecule has 22 valence electrons.